The van der Waals surface area contributed by atoms with Crippen molar-refractivity contribution in [3.05, 3.63) is 11.1 Å². The molecule has 0 radical (unpaired) electrons. The Balaban J connectivity index is 1.99. The molecule has 4 aliphatic rings. The van der Waals surface area contributed by atoms with Crippen LogP contribution in [-0.2, 0) is 28.5 Å². The Kier molecular flexibility index (Phi) is 7.81. The van der Waals surface area contributed by atoms with Crippen LogP contribution in [0.15, 0.2) is 11.1 Å². The summed E-state index contributed by atoms with van der Waals surface area (Å²) in [5.74, 6) is -1.79. The van der Waals surface area contributed by atoms with Crippen LogP contribution >= 0.6 is 11.8 Å². The Morgan fingerprint density at radius 1 is 1.21 bits per heavy atom. The van der Waals surface area contributed by atoms with Gasteiger partial charge in [-0.25, -0.2) is 0 Å². The van der Waals surface area contributed by atoms with Gasteiger partial charge in [0.2, 0.25) is 0 Å². The Labute approximate surface area is 239 Å². The van der Waals surface area contributed by atoms with Gasteiger partial charge in [-0.05, 0) is 44.8 Å². The summed E-state index contributed by atoms with van der Waals surface area (Å²) in [6.45, 7) is 22.1. The van der Waals surface area contributed by atoms with Crippen molar-refractivity contribution in [3.63, 3.8) is 0 Å². The van der Waals surface area contributed by atoms with Gasteiger partial charge >= 0.3 is 5.97 Å². The summed E-state index contributed by atoms with van der Waals surface area (Å²) < 4.78 is 25.1. The topological polar surface area (TPSA) is 91.3 Å². The summed E-state index contributed by atoms with van der Waals surface area (Å²) in [7, 11) is 1.66. The zero-order valence-corrected chi connectivity index (χ0v) is 26.8. The van der Waals surface area contributed by atoms with Crippen LogP contribution in [0.1, 0.15) is 89.0 Å². The Morgan fingerprint density at radius 2 is 1.82 bits per heavy atom. The van der Waals surface area contributed by atoms with E-state index < -0.39 is 62.9 Å². The maximum absolute atomic E-state index is 15.0. The zero-order chi connectivity index (χ0) is 29.5. The van der Waals surface area contributed by atoms with Gasteiger partial charge in [0.05, 0.1) is 29.8 Å². The number of methoxy groups -OCH3 is 1. The molecule has 2 bridgehead atoms. The summed E-state index contributed by atoms with van der Waals surface area (Å²) in [6, 6.07) is 0. The lowest BCUT2D eigenvalue weighted by Gasteiger charge is -2.69. The number of carbonyl (C=O) groups excluding carboxylic acids is 2. The van der Waals surface area contributed by atoms with Crippen molar-refractivity contribution < 1.29 is 33.6 Å². The molecule has 8 heteroatoms. The van der Waals surface area contributed by atoms with Crippen LogP contribution in [0.4, 0.5) is 0 Å². The molecule has 39 heavy (non-hydrogen) atoms. The van der Waals surface area contributed by atoms with Crippen molar-refractivity contribution in [1.29, 1.82) is 0 Å². The van der Waals surface area contributed by atoms with E-state index in [0.717, 1.165) is 11.1 Å². The third-order valence-corrected chi connectivity index (χ3v) is 11.8. The summed E-state index contributed by atoms with van der Waals surface area (Å²) in [5.41, 5.74) is -2.04. The predicted octanol–water partition coefficient (Wildman–Crippen LogP) is 5.32. The number of ether oxygens (including phenoxy) is 4. The molecular formula is C31H50O7S. The highest BCUT2D eigenvalue weighted by Gasteiger charge is 2.76. The van der Waals surface area contributed by atoms with E-state index in [1.54, 1.807) is 18.9 Å². The molecule has 0 aromatic heterocycles. The minimum absolute atomic E-state index is 0.0628. The third-order valence-electron chi connectivity index (χ3n) is 10.7. The molecule has 5 unspecified atom stereocenters. The number of hydrogen-bond acceptors (Lipinski definition) is 8. The van der Waals surface area contributed by atoms with Crippen molar-refractivity contribution in [3.8, 4) is 0 Å². The van der Waals surface area contributed by atoms with Crippen LogP contribution in [-0.4, -0.2) is 70.3 Å². The van der Waals surface area contributed by atoms with Crippen LogP contribution in [0.5, 0.6) is 0 Å². The normalized spacial score (nSPS) is 43.7. The highest BCUT2D eigenvalue weighted by molar-refractivity contribution is 8.01. The van der Waals surface area contributed by atoms with E-state index in [0.29, 0.717) is 18.1 Å². The molecule has 0 aromatic rings. The monoisotopic (exact) mass is 566 g/mol. The SMILES string of the molecule is COC1CC2(O)[C@@H](C)C3[C@]4(OC(C)=O)COC4CC(OC(C)(C)SC(C)C)[C@@]3(C)C(=O)[C@H](C)C(=C1C)C2(C)C. The lowest BCUT2D eigenvalue weighted by molar-refractivity contribution is -0.343. The second-order valence-electron chi connectivity index (χ2n) is 14.0. The number of rotatable bonds is 6. The van der Waals surface area contributed by atoms with Crippen LogP contribution < -0.4 is 0 Å². The predicted molar refractivity (Wildman–Crippen MR) is 152 cm³/mol. The average Bonchev–Trinajstić information content (AvgIpc) is 2.79. The first-order valence-electron chi connectivity index (χ1n) is 14.5. The average molecular weight is 567 g/mol. The molecule has 0 spiro atoms. The second kappa shape index (κ2) is 9.82. The molecule has 4 rings (SSSR count). The number of thioether (sulfide) groups is 1. The van der Waals surface area contributed by atoms with Crippen molar-refractivity contribution in [2.24, 2.45) is 28.6 Å². The number of esters is 1. The van der Waals surface area contributed by atoms with Crippen LogP contribution in [0.25, 0.3) is 0 Å². The molecule has 0 amide bonds. The number of fused-ring (bicyclic) bond motifs is 5. The fraction of sp³-hybridized carbons (Fsp3) is 0.871. The van der Waals surface area contributed by atoms with Gasteiger partial charge in [-0.1, -0.05) is 41.5 Å². The molecule has 2 saturated carbocycles. The van der Waals surface area contributed by atoms with Gasteiger partial charge in [0.15, 0.2) is 5.60 Å². The van der Waals surface area contributed by atoms with Crippen LogP contribution in [0.2, 0.25) is 0 Å². The van der Waals surface area contributed by atoms with Crippen molar-refractivity contribution in [2.75, 3.05) is 13.7 Å². The van der Waals surface area contributed by atoms with Crippen molar-refractivity contribution in [2.45, 2.75) is 129 Å². The molecular weight excluding hydrogens is 516 g/mol. The Bertz CT molecular complexity index is 1050. The van der Waals surface area contributed by atoms with Crippen LogP contribution in [0, 0.1) is 28.6 Å². The van der Waals surface area contributed by atoms with Gasteiger partial charge in [0, 0.05) is 49.4 Å². The van der Waals surface area contributed by atoms with Gasteiger partial charge < -0.3 is 24.1 Å². The molecule has 9 atom stereocenters. The lowest BCUT2D eigenvalue weighted by Crippen LogP contribution is -2.79. The first-order chi connectivity index (χ1) is 17.8. The Morgan fingerprint density at radius 3 is 2.31 bits per heavy atom. The van der Waals surface area contributed by atoms with Gasteiger partial charge in [-0.2, -0.15) is 0 Å². The van der Waals surface area contributed by atoms with E-state index in [4.69, 9.17) is 18.9 Å². The third kappa shape index (κ3) is 4.38. The molecule has 1 N–H and O–H groups in total. The largest absolute Gasteiger partial charge is 0.454 e. The summed E-state index contributed by atoms with van der Waals surface area (Å²) in [6.07, 6.45) is -0.384. The second-order valence-corrected chi connectivity index (χ2v) is 16.1. The van der Waals surface area contributed by atoms with E-state index >= 15 is 4.79 Å². The zero-order valence-electron chi connectivity index (χ0n) is 26.0. The van der Waals surface area contributed by atoms with E-state index in [1.165, 1.54) is 6.92 Å². The van der Waals surface area contributed by atoms with E-state index in [9.17, 15) is 9.90 Å². The quantitative estimate of drug-likeness (QED) is 0.262. The fourth-order valence-electron chi connectivity index (χ4n) is 9.22. The highest BCUT2D eigenvalue weighted by atomic mass is 32.2. The van der Waals surface area contributed by atoms with Gasteiger partial charge in [0.1, 0.15) is 16.8 Å². The first kappa shape index (κ1) is 31.0. The van der Waals surface area contributed by atoms with Crippen molar-refractivity contribution >= 4 is 23.5 Å². The van der Waals surface area contributed by atoms with E-state index in [1.807, 2.05) is 55.4 Å². The lowest BCUT2D eigenvalue weighted by atomic mass is 9.42. The number of hydrogen-bond donors (Lipinski definition) is 1. The smallest absolute Gasteiger partial charge is 0.303 e. The van der Waals surface area contributed by atoms with Crippen molar-refractivity contribution in [1.82, 2.24) is 0 Å². The molecule has 1 aliphatic heterocycles. The van der Waals surface area contributed by atoms with E-state index in [-0.39, 0.29) is 18.5 Å². The van der Waals surface area contributed by atoms with Crippen LogP contribution in [0.3, 0.4) is 0 Å². The molecule has 1 heterocycles. The van der Waals surface area contributed by atoms with Gasteiger partial charge in [0.25, 0.3) is 0 Å². The number of Topliss-reactive ketones (excluding diaryl/α,β-unsaturated/α-hetero) is 1. The fourth-order valence-corrected chi connectivity index (χ4v) is 10.5. The first-order valence-corrected chi connectivity index (χ1v) is 15.4. The Hall–Kier alpha value is -0.930. The standard InChI is InChI=1S/C31H50O7S/c1-16(2)39-28(9,10)38-22-13-23-30(15-36-23,37-20(6)32)25-19(5)31(34)14-21(35-12)17(3)24(27(31,7)8)18(4)26(33)29(22,25)11/h16,18-19,21-23,25,34H,13-15H2,1-12H3/t18-,19+,21?,22?,23?,25?,29-,30+,31?/m1/s1. The minimum atomic E-state index is -1.24. The highest BCUT2D eigenvalue weighted by Crippen LogP contribution is 2.66. The van der Waals surface area contributed by atoms with E-state index in [2.05, 4.69) is 13.8 Å². The summed E-state index contributed by atoms with van der Waals surface area (Å²) in [5, 5.41) is 13.2. The molecule has 3 aliphatic carbocycles. The number of aliphatic hydroxyl groups is 1. The molecule has 0 aromatic carbocycles. The maximum Gasteiger partial charge on any atom is 0.303 e. The summed E-state index contributed by atoms with van der Waals surface area (Å²) >= 11 is 1.71. The minimum Gasteiger partial charge on any atom is -0.454 e. The van der Waals surface area contributed by atoms with Gasteiger partial charge in [-0.15, -0.1) is 11.8 Å². The maximum atomic E-state index is 15.0. The summed E-state index contributed by atoms with van der Waals surface area (Å²) in [4.78, 5) is 27.1. The van der Waals surface area contributed by atoms with Gasteiger partial charge in [-0.3, -0.25) is 9.59 Å². The number of carbonyl (C=O) groups is 2. The molecule has 7 nitrogen and oxygen atoms in total. The molecule has 222 valence electrons. The molecule has 3 fully saturated rings. The molecule has 1 saturated heterocycles. The number of ketones is 1.